The molecule has 1 heterocycles. The molecule has 0 radical (unpaired) electrons. The molecule has 0 saturated heterocycles. The third-order valence-corrected chi connectivity index (χ3v) is 3.29. The Bertz CT molecular complexity index is 699. The number of pyridine rings is 1. The van der Waals surface area contributed by atoms with E-state index in [9.17, 15) is 0 Å². The van der Waals surface area contributed by atoms with Crippen molar-refractivity contribution in [2.75, 3.05) is 17.7 Å². The molecule has 0 atom stereocenters. The predicted octanol–water partition coefficient (Wildman–Crippen LogP) is 3.58. The lowest BCUT2D eigenvalue weighted by Crippen LogP contribution is -2.10. The van der Waals surface area contributed by atoms with Gasteiger partial charge in [-0.2, -0.15) is 0 Å². The molecule has 0 bridgehead atoms. The van der Waals surface area contributed by atoms with Crippen molar-refractivity contribution in [3.8, 4) is 0 Å². The molecule has 0 spiro atoms. The maximum atomic E-state index is 5.73. The number of benzene rings is 2. The molecule has 0 aliphatic rings. The van der Waals surface area contributed by atoms with Gasteiger partial charge in [-0.15, -0.1) is 0 Å². The van der Waals surface area contributed by atoms with E-state index in [1.54, 1.807) is 0 Å². The van der Waals surface area contributed by atoms with E-state index in [0.717, 1.165) is 22.4 Å². The molecule has 2 aromatic carbocycles. The molecule has 0 aliphatic carbocycles. The summed E-state index contributed by atoms with van der Waals surface area (Å²) in [5, 5.41) is 2.33. The number of fused-ring (bicyclic) bond motifs is 1. The maximum absolute atomic E-state index is 5.73. The van der Waals surface area contributed by atoms with E-state index in [4.69, 9.17) is 5.73 Å². The van der Waals surface area contributed by atoms with E-state index in [2.05, 4.69) is 22.0 Å². The SMILES string of the molecule is CN(c1ccc(N)cc1)c1cncc2ccccc12. The van der Waals surface area contributed by atoms with Crippen LogP contribution in [0.25, 0.3) is 10.8 Å². The molecule has 0 fully saturated rings. The summed E-state index contributed by atoms with van der Waals surface area (Å²) in [7, 11) is 2.04. The number of rotatable bonds is 2. The van der Waals surface area contributed by atoms with Crippen LogP contribution in [0.15, 0.2) is 60.9 Å². The number of nitrogens with zero attached hydrogens (tertiary/aromatic N) is 2. The van der Waals surface area contributed by atoms with E-state index < -0.39 is 0 Å². The summed E-state index contributed by atoms with van der Waals surface area (Å²) in [5.41, 5.74) is 8.67. The highest BCUT2D eigenvalue weighted by Gasteiger charge is 2.08. The van der Waals surface area contributed by atoms with Crippen molar-refractivity contribution < 1.29 is 0 Å². The highest BCUT2D eigenvalue weighted by atomic mass is 15.1. The van der Waals surface area contributed by atoms with Crippen molar-refractivity contribution in [1.29, 1.82) is 0 Å². The van der Waals surface area contributed by atoms with Crippen LogP contribution in [0.5, 0.6) is 0 Å². The zero-order chi connectivity index (χ0) is 13.2. The minimum absolute atomic E-state index is 0.771. The molecule has 0 unspecified atom stereocenters. The van der Waals surface area contributed by atoms with Gasteiger partial charge in [-0.1, -0.05) is 24.3 Å². The molecule has 1 aromatic heterocycles. The number of hydrogen-bond acceptors (Lipinski definition) is 3. The Labute approximate surface area is 112 Å². The molecular formula is C16H15N3. The Morgan fingerprint density at radius 1 is 0.947 bits per heavy atom. The van der Waals surface area contributed by atoms with Crippen molar-refractivity contribution in [2.24, 2.45) is 0 Å². The zero-order valence-corrected chi connectivity index (χ0v) is 10.7. The van der Waals surface area contributed by atoms with Crippen molar-refractivity contribution in [3.05, 3.63) is 60.9 Å². The van der Waals surface area contributed by atoms with Crippen LogP contribution in [0.4, 0.5) is 17.1 Å². The Hall–Kier alpha value is -2.55. The summed E-state index contributed by atoms with van der Waals surface area (Å²) >= 11 is 0. The Morgan fingerprint density at radius 2 is 1.68 bits per heavy atom. The summed E-state index contributed by atoms with van der Waals surface area (Å²) in [5.74, 6) is 0. The molecule has 3 heteroatoms. The first kappa shape index (κ1) is 11.5. The van der Waals surface area contributed by atoms with Gasteiger partial charge in [0.1, 0.15) is 0 Å². The van der Waals surface area contributed by atoms with Gasteiger partial charge in [0.2, 0.25) is 0 Å². The van der Waals surface area contributed by atoms with Gasteiger partial charge in [0.25, 0.3) is 0 Å². The third kappa shape index (κ3) is 2.10. The van der Waals surface area contributed by atoms with Gasteiger partial charge >= 0.3 is 0 Å². The van der Waals surface area contributed by atoms with Crippen LogP contribution >= 0.6 is 0 Å². The van der Waals surface area contributed by atoms with Crippen LogP contribution in [0.2, 0.25) is 0 Å². The number of nitrogens with two attached hydrogens (primary N) is 1. The van der Waals surface area contributed by atoms with Gasteiger partial charge in [-0.3, -0.25) is 4.98 Å². The molecular weight excluding hydrogens is 234 g/mol. The predicted molar refractivity (Wildman–Crippen MR) is 80.7 cm³/mol. The quantitative estimate of drug-likeness (QED) is 0.706. The molecule has 2 N–H and O–H groups in total. The van der Waals surface area contributed by atoms with Crippen LogP contribution in [0.3, 0.4) is 0 Å². The summed E-state index contributed by atoms with van der Waals surface area (Å²) in [6, 6.07) is 16.1. The van der Waals surface area contributed by atoms with Crippen molar-refractivity contribution in [3.63, 3.8) is 0 Å². The lowest BCUT2D eigenvalue weighted by Gasteiger charge is -2.21. The van der Waals surface area contributed by atoms with E-state index in [1.165, 1.54) is 5.39 Å². The van der Waals surface area contributed by atoms with Crippen LogP contribution in [-0.2, 0) is 0 Å². The fourth-order valence-corrected chi connectivity index (χ4v) is 2.20. The summed E-state index contributed by atoms with van der Waals surface area (Å²) < 4.78 is 0. The minimum Gasteiger partial charge on any atom is -0.399 e. The normalized spacial score (nSPS) is 10.6. The fourth-order valence-electron chi connectivity index (χ4n) is 2.20. The Balaban J connectivity index is 2.11. The standard InChI is InChI=1S/C16H15N3/c1-19(14-8-6-13(17)7-9-14)16-11-18-10-12-4-2-3-5-15(12)16/h2-11H,17H2,1H3. The Morgan fingerprint density at radius 3 is 2.47 bits per heavy atom. The van der Waals surface area contributed by atoms with Gasteiger partial charge in [0.15, 0.2) is 0 Å². The highest BCUT2D eigenvalue weighted by molar-refractivity contribution is 5.95. The summed E-state index contributed by atoms with van der Waals surface area (Å²) in [4.78, 5) is 6.43. The minimum atomic E-state index is 0.771. The second-order valence-electron chi connectivity index (χ2n) is 4.53. The molecule has 0 saturated carbocycles. The van der Waals surface area contributed by atoms with E-state index in [-0.39, 0.29) is 0 Å². The average molecular weight is 249 g/mol. The van der Waals surface area contributed by atoms with Crippen LogP contribution < -0.4 is 10.6 Å². The lowest BCUT2D eigenvalue weighted by atomic mass is 10.1. The van der Waals surface area contributed by atoms with Gasteiger partial charge in [0.05, 0.1) is 11.9 Å². The molecule has 0 amide bonds. The number of anilines is 3. The van der Waals surface area contributed by atoms with Gasteiger partial charge < -0.3 is 10.6 Å². The number of nitrogen functional groups attached to an aromatic ring is 1. The molecule has 3 rings (SSSR count). The van der Waals surface area contributed by atoms with Gasteiger partial charge in [-0.25, -0.2) is 0 Å². The molecule has 3 aromatic rings. The summed E-state index contributed by atoms with van der Waals surface area (Å²) in [6.07, 6.45) is 3.77. The van der Waals surface area contributed by atoms with Crippen molar-refractivity contribution in [2.45, 2.75) is 0 Å². The van der Waals surface area contributed by atoms with Crippen molar-refractivity contribution in [1.82, 2.24) is 4.98 Å². The van der Waals surface area contributed by atoms with Gasteiger partial charge in [-0.05, 0) is 24.3 Å². The first-order valence-electron chi connectivity index (χ1n) is 6.18. The van der Waals surface area contributed by atoms with Crippen LogP contribution in [0.1, 0.15) is 0 Å². The third-order valence-electron chi connectivity index (χ3n) is 3.29. The topological polar surface area (TPSA) is 42.1 Å². The lowest BCUT2D eigenvalue weighted by molar-refractivity contribution is 1.19. The summed E-state index contributed by atoms with van der Waals surface area (Å²) in [6.45, 7) is 0. The van der Waals surface area contributed by atoms with Crippen LogP contribution in [-0.4, -0.2) is 12.0 Å². The van der Waals surface area contributed by atoms with Crippen molar-refractivity contribution >= 4 is 27.8 Å². The van der Waals surface area contributed by atoms with Gasteiger partial charge in [0, 0.05) is 35.4 Å². The first-order chi connectivity index (χ1) is 9.25. The molecule has 19 heavy (non-hydrogen) atoms. The van der Waals surface area contributed by atoms with E-state index in [0.29, 0.717) is 0 Å². The highest BCUT2D eigenvalue weighted by Crippen LogP contribution is 2.30. The molecule has 3 nitrogen and oxygen atoms in total. The fraction of sp³-hybridized carbons (Fsp3) is 0.0625. The number of aromatic nitrogens is 1. The average Bonchev–Trinajstić information content (AvgIpc) is 2.47. The molecule has 0 aliphatic heterocycles. The largest absolute Gasteiger partial charge is 0.399 e. The molecule has 94 valence electrons. The Kier molecular flexibility index (Phi) is 2.80. The smallest absolute Gasteiger partial charge is 0.0674 e. The second kappa shape index (κ2) is 4.61. The monoisotopic (exact) mass is 249 g/mol. The number of hydrogen-bond donors (Lipinski definition) is 1. The van der Waals surface area contributed by atoms with E-state index in [1.807, 2.05) is 55.8 Å². The van der Waals surface area contributed by atoms with Crippen LogP contribution in [0, 0.1) is 0 Å². The zero-order valence-electron chi connectivity index (χ0n) is 10.7. The van der Waals surface area contributed by atoms with E-state index >= 15 is 0 Å². The second-order valence-corrected chi connectivity index (χ2v) is 4.53. The maximum Gasteiger partial charge on any atom is 0.0674 e. The first-order valence-corrected chi connectivity index (χ1v) is 6.18.